The number of hydrogen-bond acceptors (Lipinski definition) is 4. The first-order valence-corrected chi connectivity index (χ1v) is 7.51. The van der Waals surface area contributed by atoms with E-state index in [1.807, 2.05) is 0 Å². The molecule has 1 aromatic heterocycles. The van der Waals surface area contributed by atoms with E-state index >= 15 is 0 Å². The van der Waals surface area contributed by atoms with E-state index in [-0.39, 0.29) is 11.5 Å². The largest absolute Gasteiger partial charge is 0.325 e. The standard InChI is InChI=1S/C14H14ClN3O2S/c1-8-7-12(19)18-14(16-8)21-9(2)13(20)17-11-5-3-10(15)4-6-11/h3-7,9H,1-2H3,(H,17,20)(H,16,18,19)/t9-/m0/s1. The number of nitrogens with one attached hydrogen (secondary N) is 2. The highest BCUT2D eigenvalue weighted by Gasteiger charge is 2.16. The molecule has 0 saturated carbocycles. The Bertz CT molecular complexity index is 700. The van der Waals surface area contributed by atoms with Gasteiger partial charge in [-0.15, -0.1) is 0 Å². The highest BCUT2D eigenvalue weighted by molar-refractivity contribution is 8.00. The summed E-state index contributed by atoms with van der Waals surface area (Å²) in [6.45, 7) is 3.48. The second kappa shape index (κ2) is 6.78. The summed E-state index contributed by atoms with van der Waals surface area (Å²) in [7, 11) is 0. The van der Waals surface area contributed by atoms with Crippen molar-refractivity contribution < 1.29 is 4.79 Å². The lowest BCUT2D eigenvalue weighted by molar-refractivity contribution is -0.115. The first-order chi connectivity index (χ1) is 9.94. The molecule has 0 aliphatic carbocycles. The first-order valence-electron chi connectivity index (χ1n) is 6.25. The normalized spacial score (nSPS) is 12.0. The van der Waals surface area contributed by atoms with E-state index in [2.05, 4.69) is 15.3 Å². The fourth-order valence-electron chi connectivity index (χ4n) is 1.61. The molecule has 2 aromatic rings. The van der Waals surface area contributed by atoms with Crippen LogP contribution in [0.25, 0.3) is 0 Å². The lowest BCUT2D eigenvalue weighted by Gasteiger charge is -2.11. The summed E-state index contributed by atoms with van der Waals surface area (Å²) in [5, 5.41) is 3.42. The van der Waals surface area contributed by atoms with Crippen LogP contribution in [0.2, 0.25) is 5.02 Å². The zero-order chi connectivity index (χ0) is 15.4. The van der Waals surface area contributed by atoms with Crippen LogP contribution in [0.3, 0.4) is 0 Å². The molecular formula is C14H14ClN3O2S. The SMILES string of the molecule is Cc1cc(=O)[nH]c(S[C@@H](C)C(=O)Nc2ccc(Cl)cc2)n1. The highest BCUT2D eigenvalue weighted by Crippen LogP contribution is 2.20. The van der Waals surface area contributed by atoms with Gasteiger partial charge in [0.25, 0.3) is 5.56 Å². The number of hydrogen-bond donors (Lipinski definition) is 2. The van der Waals surface area contributed by atoms with Gasteiger partial charge in [0.05, 0.1) is 5.25 Å². The summed E-state index contributed by atoms with van der Waals surface area (Å²) in [6.07, 6.45) is 0. The van der Waals surface area contributed by atoms with Crippen LogP contribution in [0.1, 0.15) is 12.6 Å². The predicted octanol–water partition coefficient (Wildman–Crippen LogP) is 2.85. The predicted molar refractivity (Wildman–Crippen MR) is 85.0 cm³/mol. The second-order valence-corrected chi connectivity index (χ2v) is 6.21. The Balaban J connectivity index is 2.02. The van der Waals surface area contributed by atoms with Gasteiger partial charge < -0.3 is 10.3 Å². The van der Waals surface area contributed by atoms with Crippen molar-refractivity contribution in [3.63, 3.8) is 0 Å². The Hall–Kier alpha value is -1.79. The van der Waals surface area contributed by atoms with Gasteiger partial charge in [0.2, 0.25) is 5.91 Å². The highest BCUT2D eigenvalue weighted by atomic mass is 35.5. The fourth-order valence-corrected chi connectivity index (χ4v) is 2.59. The molecule has 1 aromatic carbocycles. The molecule has 0 bridgehead atoms. The summed E-state index contributed by atoms with van der Waals surface area (Å²) >= 11 is 6.99. The van der Waals surface area contributed by atoms with Gasteiger partial charge in [-0.25, -0.2) is 4.98 Å². The van der Waals surface area contributed by atoms with Gasteiger partial charge in [-0.05, 0) is 38.1 Å². The van der Waals surface area contributed by atoms with E-state index < -0.39 is 5.25 Å². The number of carbonyl (C=O) groups excluding carboxylic acids is 1. The van der Waals surface area contributed by atoms with E-state index in [1.54, 1.807) is 38.1 Å². The Labute approximate surface area is 131 Å². The van der Waals surface area contributed by atoms with Crippen LogP contribution in [0.4, 0.5) is 5.69 Å². The number of rotatable bonds is 4. The van der Waals surface area contributed by atoms with Crippen molar-refractivity contribution in [1.82, 2.24) is 9.97 Å². The Morgan fingerprint density at radius 1 is 1.38 bits per heavy atom. The molecule has 0 saturated heterocycles. The van der Waals surface area contributed by atoms with Gasteiger partial charge in [-0.1, -0.05) is 23.4 Å². The fraction of sp³-hybridized carbons (Fsp3) is 0.214. The van der Waals surface area contributed by atoms with E-state index in [0.29, 0.717) is 21.6 Å². The number of aromatic amines is 1. The number of aryl methyl sites for hydroxylation is 1. The van der Waals surface area contributed by atoms with Crippen molar-refractivity contribution in [1.29, 1.82) is 0 Å². The van der Waals surface area contributed by atoms with Crippen LogP contribution in [-0.4, -0.2) is 21.1 Å². The van der Waals surface area contributed by atoms with Crippen LogP contribution in [0, 0.1) is 6.92 Å². The summed E-state index contributed by atoms with van der Waals surface area (Å²) in [5.74, 6) is -0.175. The number of carbonyl (C=O) groups is 1. The van der Waals surface area contributed by atoms with Crippen molar-refractivity contribution in [2.45, 2.75) is 24.3 Å². The van der Waals surface area contributed by atoms with Gasteiger partial charge in [0.15, 0.2) is 5.16 Å². The molecule has 0 unspecified atom stereocenters. The lowest BCUT2D eigenvalue weighted by Crippen LogP contribution is -2.23. The minimum Gasteiger partial charge on any atom is -0.325 e. The van der Waals surface area contributed by atoms with Gasteiger partial charge in [-0.2, -0.15) is 0 Å². The van der Waals surface area contributed by atoms with E-state index in [9.17, 15) is 9.59 Å². The minimum atomic E-state index is -0.398. The first kappa shape index (κ1) is 15.6. The summed E-state index contributed by atoms with van der Waals surface area (Å²) in [4.78, 5) is 30.2. The molecule has 0 spiro atoms. The van der Waals surface area contributed by atoms with Gasteiger partial charge in [-0.3, -0.25) is 9.59 Å². The van der Waals surface area contributed by atoms with Gasteiger partial charge in [0, 0.05) is 22.5 Å². The zero-order valence-corrected chi connectivity index (χ0v) is 13.1. The average molecular weight is 324 g/mol. The van der Waals surface area contributed by atoms with Crippen molar-refractivity contribution in [3.8, 4) is 0 Å². The number of halogens is 1. The third-order valence-electron chi connectivity index (χ3n) is 2.62. The maximum absolute atomic E-state index is 12.1. The van der Waals surface area contributed by atoms with Gasteiger partial charge >= 0.3 is 0 Å². The Kier molecular flexibility index (Phi) is 5.03. The van der Waals surface area contributed by atoms with Crippen molar-refractivity contribution in [2.75, 3.05) is 5.32 Å². The van der Waals surface area contributed by atoms with Crippen molar-refractivity contribution in [3.05, 3.63) is 51.4 Å². The lowest BCUT2D eigenvalue weighted by atomic mass is 10.3. The molecule has 0 aliphatic heterocycles. The number of amides is 1. The number of anilines is 1. The smallest absolute Gasteiger partial charge is 0.251 e. The summed E-state index contributed by atoms with van der Waals surface area (Å²) < 4.78 is 0. The molecule has 0 fully saturated rings. The number of thioether (sulfide) groups is 1. The molecule has 0 radical (unpaired) electrons. The van der Waals surface area contributed by atoms with Crippen LogP contribution in [-0.2, 0) is 4.79 Å². The van der Waals surface area contributed by atoms with Crippen molar-refractivity contribution in [2.24, 2.45) is 0 Å². The Morgan fingerprint density at radius 3 is 2.67 bits per heavy atom. The monoisotopic (exact) mass is 323 g/mol. The number of H-pyrrole nitrogens is 1. The summed E-state index contributed by atoms with van der Waals surface area (Å²) in [5.41, 5.74) is 1.06. The topological polar surface area (TPSA) is 74.8 Å². The maximum atomic E-state index is 12.1. The number of aromatic nitrogens is 2. The van der Waals surface area contributed by atoms with Gasteiger partial charge in [0.1, 0.15) is 0 Å². The second-order valence-electron chi connectivity index (χ2n) is 4.45. The zero-order valence-electron chi connectivity index (χ0n) is 11.5. The van der Waals surface area contributed by atoms with Crippen molar-refractivity contribution >= 4 is 35.0 Å². The van der Waals surface area contributed by atoms with Crippen LogP contribution < -0.4 is 10.9 Å². The molecule has 1 atom stereocenters. The maximum Gasteiger partial charge on any atom is 0.251 e. The number of benzene rings is 1. The van der Waals surface area contributed by atoms with Crippen LogP contribution >= 0.6 is 23.4 Å². The van der Waals surface area contributed by atoms with E-state index in [4.69, 9.17) is 11.6 Å². The molecule has 1 amide bonds. The van der Waals surface area contributed by atoms with Crippen LogP contribution in [0.15, 0.2) is 40.3 Å². The molecule has 2 N–H and O–H groups in total. The molecule has 7 heteroatoms. The molecule has 1 heterocycles. The molecule has 5 nitrogen and oxygen atoms in total. The molecule has 2 rings (SSSR count). The molecule has 21 heavy (non-hydrogen) atoms. The third kappa shape index (κ3) is 4.61. The third-order valence-corrected chi connectivity index (χ3v) is 3.85. The van der Waals surface area contributed by atoms with Crippen LogP contribution in [0.5, 0.6) is 0 Å². The number of nitrogens with zero attached hydrogens (tertiary/aromatic N) is 1. The molecule has 0 aliphatic rings. The molecular weight excluding hydrogens is 310 g/mol. The quantitative estimate of drug-likeness (QED) is 0.670. The molecule has 110 valence electrons. The van der Waals surface area contributed by atoms with E-state index in [0.717, 1.165) is 0 Å². The average Bonchev–Trinajstić information content (AvgIpc) is 2.40. The Morgan fingerprint density at radius 2 is 2.05 bits per heavy atom. The minimum absolute atomic E-state index is 0.175. The van der Waals surface area contributed by atoms with E-state index in [1.165, 1.54) is 17.8 Å². The summed E-state index contributed by atoms with van der Waals surface area (Å²) in [6, 6.07) is 8.26.